The average molecular weight is 279 g/mol. The van der Waals surface area contributed by atoms with Gasteiger partial charge in [-0.1, -0.05) is 6.92 Å². The molecule has 0 aromatic heterocycles. The molecule has 3 rings (SSSR count). The first kappa shape index (κ1) is 13.9. The Balaban J connectivity index is 1.75. The number of rotatable bonds is 2. The molecule has 0 aromatic carbocycles. The molecule has 5 heteroatoms. The van der Waals surface area contributed by atoms with E-state index in [1.807, 2.05) is 18.7 Å². The summed E-state index contributed by atoms with van der Waals surface area (Å²) in [5, 5.41) is 2.87. The third kappa shape index (κ3) is 2.22. The minimum atomic E-state index is -0.706. The summed E-state index contributed by atoms with van der Waals surface area (Å²) in [6.45, 7) is 6.33. The van der Waals surface area contributed by atoms with Crippen molar-refractivity contribution in [3.05, 3.63) is 0 Å². The van der Waals surface area contributed by atoms with Gasteiger partial charge in [-0.2, -0.15) is 0 Å². The maximum atomic E-state index is 12.7. The van der Waals surface area contributed by atoms with Gasteiger partial charge in [0.2, 0.25) is 11.8 Å². The summed E-state index contributed by atoms with van der Waals surface area (Å²) in [6.07, 6.45) is 5.22. The van der Waals surface area contributed by atoms with Crippen molar-refractivity contribution in [2.24, 2.45) is 0 Å². The summed E-state index contributed by atoms with van der Waals surface area (Å²) in [5.74, 6) is 0.0962. The molecule has 3 saturated heterocycles. The fraction of sp³-hybridized carbons (Fsp3) is 0.867. The molecule has 1 N–H and O–H groups in total. The van der Waals surface area contributed by atoms with E-state index in [9.17, 15) is 9.59 Å². The van der Waals surface area contributed by atoms with Crippen LogP contribution in [-0.2, 0) is 9.59 Å². The van der Waals surface area contributed by atoms with Crippen molar-refractivity contribution in [2.45, 2.75) is 63.6 Å². The van der Waals surface area contributed by atoms with Gasteiger partial charge >= 0.3 is 0 Å². The number of hydrogen-bond donors (Lipinski definition) is 1. The molecule has 0 bridgehead atoms. The van der Waals surface area contributed by atoms with Crippen LogP contribution in [-0.4, -0.2) is 58.9 Å². The fourth-order valence-electron chi connectivity index (χ4n) is 3.97. The molecule has 0 radical (unpaired) electrons. The fourth-order valence-corrected chi connectivity index (χ4v) is 3.97. The Hall–Kier alpha value is -1.10. The monoisotopic (exact) mass is 279 g/mol. The van der Waals surface area contributed by atoms with Crippen molar-refractivity contribution in [1.29, 1.82) is 0 Å². The van der Waals surface area contributed by atoms with Crippen LogP contribution in [0.2, 0.25) is 0 Å². The van der Waals surface area contributed by atoms with E-state index in [2.05, 4.69) is 10.2 Å². The highest BCUT2D eigenvalue weighted by molar-refractivity contribution is 5.97. The lowest BCUT2D eigenvalue weighted by Crippen LogP contribution is -2.67. The number of piperidine rings is 1. The summed E-state index contributed by atoms with van der Waals surface area (Å²) >= 11 is 0. The molecule has 0 saturated carbocycles. The SMILES string of the molecule is CCC1(C)NC(=O)CN(C2CCN3CCCC3C2)C1=O. The number of piperazine rings is 1. The van der Waals surface area contributed by atoms with Crippen LogP contribution >= 0.6 is 0 Å². The summed E-state index contributed by atoms with van der Waals surface area (Å²) in [5.41, 5.74) is -0.706. The van der Waals surface area contributed by atoms with E-state index in [4.69, 9.17) is 0 Å². The van der Waals surface area contributed by atoms with Crippen LogP contribution in [0.15, 0.2) is 0 Å². The largest absolute Gasteiger partial charge is 0.340 e. The highest BCUT2D eigenvalue weighted by Crippen LogP contribution is 2.31. The quantitative estimate of drug-likeness (QED) is 0.811. The molecule has 3 aliphatic rings. The normalized spacial score (nSPS) is 38.8. The smallest absolute Gasteiger partial charge is 0.248 e. The Morgan fingerprint density at radius 1 is 1.25 bits per heavy atom. The number of carbonyl (C=O) groups excluding carboxylic acids is 2. The zero-order chi connectivity index (χ0) is 14.3. The second kappa shape index (κ2) is 5.02. The average Bonchev–Trinajstić information content (AvgIpc) is 2.90. The molecule has 3 heterocycles. The molecule has 20 heavy (non-hydrogen) atoms. The topological polar surface area (TPSA) is 52.7 Å². The predicted octanol–water partition coefficient (Wildman–Crippen LogP) is 0.740. The van der Waals surface area contributed by atoms with Crippen molar-refractivity contribution in [2.75, 3.05) is 19.6 Å². The van der Waals surface area contributed by atoms with E-state index < -0.39 is 5.54 Å². The molecule has 3 unspecified atom stereocenters. The van der Waals surface area contributed by atoms with Crippen molar-refractivity contribution >= 4 is 11.8 Å². The predicted molar refractivity (Wildman–Crippen MR) is 76.2 cm³/mol. The Kier molecular flexibility index (Phi) is 3.48. The summed E-state index contributed by atoms with van der Waals surface area (Å²) in [7, 11) is 0. The maximum Gasteiger partial charge on any atom is 0.248 e. The van der Waals surface area contributed by atoms with E-state index >= 15 is 0 Å². The molecule has 3 atom stereocenters. The first-order valence-corrected chi connectivity index (χ1v) is 7.89. The summed E-state index contributed by atoms with van der Waals surface area (Å²) in [6, 6.07) is 0.873. The number of carbonyl (C=O) groups is 2. The van der Waals surface area contributed by atoms with Gasteiger partial charge in [0.05, 0.1) is 6.54 Å². The van der Waals surface area contributed by atoms with E-state index in [1.54, 1.807) is 0 Å². The number of hydrogen-bond acceptors (Lipinski definition) is 3. The van der Waals surface area contributed by atoms with Gasteiger partial charge in [-0.15, -0.1) is 0 Å². The van der Waals surface area contributed by atoms with Gasteiger partial charge in [0, 0.05) is 18.6 Å². The number of fused-ring (bicyclic) bond motifs is 1. The van der Waals surface area contributed by atoms with Gasteiger partial charge in [0.1, 0.15) is 5.54 Å². The van der Waals surface area contributed by atoms with Crippen LogP contribution in [0.25, 0.3) is 0 Å². The third-order valence-electron chi connectivity index (χ3n) is 5.40. The number of nitrogens with zero attached hydrogens (tertiary/aromatic N) is 2. The van der Waals surface area contributed by atoms with Crippen LogP contribution in [0.1, 0.15) is 46.0 Å². The Bertz CT molecular complexity index is 425. The van der Waals surface area contributed by atoms with Crippen molar-refractivity contribution < 1.29 is 9.59 Å². The summed E-state index contributed by atoms with van der Waals surface area (Å²) < 4.78 is 0. The zero-order valence-corrected chi connectivity index (χ0v) is 12.5. The molecular formula is C15H25N3O2. The molecule has 0 aromatic rings. The minimum absolute atomic E-state index is 0.0113. The second-order valence-electron chi connectivity index (χ2n) is 6.68. The highest BCUT2D eigenvalue weighted by Gasteiger charge is 2.45. The second-order valence-corrected chi connectivity index (χ2v) is 6.68. The highest BCUT2D eigenvalue weighted by atomic mass is 16.2. The van der Waals surface area contributed by atoms with E-state index in [0.717, 1.165) is 19.4 Å². The zero-order valence-electron chi connectivity index (χ0n) is 12.5. The van der Waals surface area contributed by atoms with Gasteiger partial charge in [-0.05, 0) is 45.6 Å². The first-order valence-electron chi connectivity index (χ1n) is 7.89. The lowest BCUT2D eigenvalue weighted by Gasteiger charge is -2.46. The molecule has 5 nitrogen and oxygen atoms in total. The van der Waals surface area contributed by atoms with Crippen molar-refractivity contribution in [1.82, 2.24) is 15.1 Å². The van der Waals surface area contributed by atoms with Gasteiger partial charge in [0.15, 0.2) is 0 Å². The van der Waals surface area contributed by atoms with Gasteiger partial charge in [-0.3, -0.25) is 9.59 Å². The van der Waals surface area contributed by atoms with Crippen molar-refractivity contribution in [3.63, 3.8) is 0 Å². The van der Waals surface area contributed by atoms with Crippen molar-refractivity contribution in [3.8, 4) is 0 Å². The van der Waals surface area contributed by atoms with Gasteiger partial charge < -0.3 is 15.1 Å². The van der Waals surface area contributed by atoms with E-state index in [-0.39, 0.29) is 24.4 Å². The summed E-state index contributed by atoms with van der Waals surface area (Å²) in [4.78, 5) is 29.1. The van der Waals surface area contributed by atoms with Crippen LogP contribution in [0.4, 0.5) is 0 Å². The van der Waals surface area contributed by atoms with E-state index in [1.165, 1.54) is 19.4 Å². The Morgan fingerprint density at radius 2 is 2.05 bits per heavy atom. The van der Waals surface area contributed by atoms with Crippen LogP contribution in [0.3, 0.4) is 0 Å². The lowest BCUT2D eigenvalue weighted by atomic mass is 9.90. The molecule has 3 fully saturated rings. The van der Waals surface area contributed by atoms with Gasteiger partial charge in [0.25, 0.3) is 0 Å². The van der Waals surface area contributed by atoms with Crippen LogP contribution in [0.5, 0.6) is 0 Å². The lowest BCUT2D eigenvalue weighted by molar-refractivity contribution is -0.153. The van der Waals surface area contributed by atoms with E-state index in [0.29, 0.717) is 12.5 Å². The molecule has 0 aliphatic carbocycles. The molecular weight excluding hydrogens is 254 g/mol. The standard InChI is InChI=1S/C15H25N3O2/c1-3-15(2)14(20)18(10-13(19)16-15)12-6-8-17-7-4-5-11(17)9-12/h11-12H,3-10H2,1-2H3,(H,16,19). The number of amides is 2. The minimum Gasteiger partial charge on any atom is -0.340 e. The third-order valence-corrected chi connectivity index (χ3v) is 5.40. The van der Waals surface area contributed by atoms with Crippen LogP contribution < -0.4 is 5.32 Å². The van der Waals surface area contributed by atoms with Crippen LogP contribution in [0, 0.1) is 0 Å². The number of nitrogens with one attached hydrogen (secondary N) is 1. The molecule has 2 amide bonds. The molecule has 3 aliphatic heterocycles. The first-order chi connectivity index (χ1) is 9.53. The maximum absolute atomic E-state index is 12.7. The molecule has 112 valence electrons. The molecule has 0 spiro atoms. The van der Waals surface area contributed by atoms with Gasteiger partial charge in [-0.25, -0.2) is 0 Å². The Morgan fingerprint density at radius 3 is 2.80 bits per heavy atom. The Labute approximate surface area is 120 Å².